The van der Waals surface area contributed by atoms with Crippen LogP contribution >= 0.6 is 0 Å². The lowest BCUT2D eigenvalue weighted by molar-refractivity contribution is -0.667. The van der Waals surface area contributed by atoms with Crippen molar-refractivity contribution in [3.05, 3.63) is 316 Å². The minimum atomic E-state index is -2.61. The van der Waals surface area contributed by atoms with E-state index in [-0.39, 0.29) is 39.3 Å². The minimum Gasteiger partial charge on any atom is -0.198 e. The van der Waals surface area contributed by atoms with Gasteiger partial charge in [0.1, 0.15) is 42.3 Å². The second kappa shape index (κ2) is 34.7. The third-order valence-corrected chi connectivity index (χ3v) is 19.9. The number of hydrogen-bond acceptors (Lipinski definition) is 0. The van der Waals surface area contributed by atoms with Gasteiger partial charge < -0.3 is 0 Å². The zero-order chi connectivity index (χ0) is 93.0. The van der Waals surface area contributed by atoms with Crippen molar-refractivity contribution in [3.63, 3.8) is 0 Å². The Morgan fingerprint density at radius 1 is 0.196 bits per heavy atom. The van der Waals surface area contributed by atoms with Gasteiger partial charge in [-0.25, -0.2) is 0 Å². The van der Waals surface area contributed by atoms with Crippen LogP contribution in [0, 0.1) is 166 Å². The molecule has 0 aliphatic heterocycles. The average Bonchev–Trinajstić information content (AvgIpc) is 0.773. The van der Waals surface area contributed by atoms with Gasteiger partial charge in [-0.2, -0.15) is 27.4 Å². The molecule has 6 heterocycles. The largest absolute Gasteiger partial charge is 0.215 e. The molecular weight excluding hydrogens is 1240 g/mol. The van der Waals surface area contributed by atoms with Gasteiger partial charge in [-0.05, 0) is 230 Å². The Labute approximate surface area is 645 Å². The van der Waals surface area contributed by atoms with Crippen molar-refractivity contribution in [1.82, 2.24) is 0 Å². The lowest BCUT2D eigenvalue weighted by Crippen LogP contribution is -2.36. The first-order valence-electron chi connectivity index (χ1n) is 45.0. The number of aromatic nitrogens is 6. The van der Waals surface area contributed by atoms with Crippen molar-refractivity contribution >= 4 is 0 Å². The summed E-state index contributed by atoms with van der Waals surface area (Å²) < 4.78 is 172. The van der Waals surface area contributed by atoms with Gasteiger partial charge in [0.2, 0.25) is 34.2 Å². The summed E-state index contributed by atoms with van der Waals surface area (Å²) in [6.07, 6.45) is 0. The van der Waals surface area contributed by atoms with Crippen LogP contribution in [0.1, 0.15) is 163 Å². The molecule has 0 N–H and O–H groups in total. The number of hydrogen-bond donors (Lipinski definition) is 0. The first kappa shape index (κ1) is 54.0. The summed E-state index contributed by atoms with van der Waals surface area (Å²) in [4.78, 5) is 0. The molecule has 0 saturated heterocycles. The van der Waals surface area contributed by atoms with Gasteiger partial charge in [-0.15, -0.1) is 0 Å². The van der Waals surface area contributed by atoms with Crippen LogP contribution in [0.2, 0.25) is 0 Å². The Morgan fingerprint density at radius 3 is 0.931 bits per heavy atom. The maximum Gasteiger partial charge on any atom is 0.215 e. The summed E-state index contributed by atoms with van der Waals surface area (Å²) in [6.45, 7) is 18.2. The molecule has 0 atom stereocenters. The number of benzene rings is 6. The molecule has 0 amide bonds. The van der Waals surface area contributed by atoms with Gasteiger partial charge in [0.25, 0.3) is 0 Å². The quantitative estimate of drug-likeness (QED) is 0.148. The Hall–Kier alpha value is -9.78. The molecule has 12 aromatic rings. The van der Waals surface area contributed by atoms with Gasteiger partial charge in [0.15, 0.2) is 34.2 Å². The van der Waals surface area contributed by atoms with E-state index in [4.69, 9.17) is 28.8 Å². The molecule has 0 aliphatic carbocycles. The van der Waals surface area contributed by atoms with E-state index in [1.54, 1.807) is 45.3 Å². The highest BCUT2D eigenvalue weighted by atomic mass is 15.0. The number of pyridine rings is 6. The number of nitrogens with zero attached hydrogens (tertiary/aromatic N) is 6. The molecule has 102 heavy (non-hydrogen) atoms. The molecule has 0 spiro atoms. The molecule has 528 valence electrons. The van der Waals surface area contributed by atoms with Crippen LogP contribution in [0.4, 0.5) is 0 Å². The molecule has 0 fully saturated rings. The normalized spacial score (nSPS) is 14.6. The van der Waals surface area contributed by atoms with E-state index < -0.39 is 48.0 Å². The summed E-state index contributed by atoms with van der Waals surface area (Å²) in [5.74, 6) is 0. The van der Waals surface area contributed by atoms with Crippen molar-refractivity contribution < 1.29 is 56.2 Å². The third-order valence-electron chi connectivity index (χ3n) is 19.9. The van der Waals surface area contributed by atoms with Crippen LogP contribution in [0.15, 0.2) is 182 Å². The monoisotopic (exact) mass is 1380 g/mol. The number of aryl methyl sites for hydroxylation is 18. The van der Waals surface area contributed by atoms with E-state index in [9.17, 15) is 0 Å². The fourth-order valence-corrected chi connectivity index (χ4v) is 12.9. The van der Waals surface area contributed by atoms with Crippen molar-refractivity contribution in [2.24, 2.45) is 42.3 Å². The van der Waals surface area contributed by atoms with Crippen LogP contribution < -0.4 is 27.4 Å². The molecule has 6 heteroatoms. The predicted octanol–water partition coefficient (Wildman–Crippen LogP) is 20.5. The summed E-state index contributed by atoms with van der Waals surface area (Å²) >= 11 is 0. The van der Waals surface area contributed by atoms with Crippen molar-refractivity contribution in [2.45, 2.75) is 166 Å². The third kappa shape index (κ3) is 18.5. The molecule has 0 radical (unpaired) electrons. The standard InChI is InChI=1S/6C16H20N/c1-11-6-8-15(13(3)10-11)16-9-7-12(2)14(4)17(16)5;2*1-11-6-7-13(3)15(10-11)16-9-8-12(2)14(4)17(16)5;2*1-11-9-10-15(17(5)14(11)4)16-12(2)7-6-8-13(16)3;1-11-8-6-7-9-15(11)16-13(3)10-12(2)14(4)17(16)5/h6*6-10H,1-5H3/q6*+1/i1D3,2D3,4D3;2D3,4D3;;1D3,4D3;;. The van der Waals surface area contributed by atoms with Gasteiger partial charge in [-0.1, -0.05) is 108 Å². The van der Waals surface area contributed by atoms with Gasteiger partial charge in [0, 0.05) is 162 Å². The van der Waals surface area contributed by atoms with Crippen molar-refractivity contribution in [3.8, 4) is 67.5 Å². The van der Waals surface area contributed by atoms with Crippen LogP contribution in [0.5, 0.6) is 0 Å². The maximum atomic E-state index is 7.76. The van der Waals surface area contributed by atoms with Gasteiger partial charge >= 0.3 is 0 Å². The summed E-state index contributed by atoms with van der Waals surface area (Å²) in [5.41, 5.74) is 32.2. The van der Waals surface area contributed by atoms with E-state index in [0.717, 1.165) is 33.4 Å². The highest BCUT2D eigenvalue weighted by molar-refractivity contribution is 5.68. The Morgan fingerprint density at radius 2 is 0.529 bits per heavy atom. The fourth-order valence-electron chi connectivity index (χ4n) is 12.9. The van der Waals surface area contributed by atoms with Crippen molar-refractivity contribution in [2.75, 3.05) is 0 Å². The first-order valence-corrected chi connectivity index (χ1v) is 34.5. The smallest absolute Gasteiger partial charge is 0.198 e. The maximum absolute atomic E-state index is 7.76. The second-order valence-corrected chi connectivity index (χ2v) is 27.2. The summed E-state index contributed by atoms with van der Waals surface area (Å²) in [5, 5.41) is 0. The molecule has 6 nitrogen and oxygen atoms in total. The SMILES string of the molecule is Cc1ccc(C)c(-c2ccc(C)c(C)[n+]2C)c1.Cc1cccc(C)c1-c1ccc(C)c(C)[n+]1C.Cc1ccccc1-c1c(C)cc(C)c(C)[n+]1C.[2H]C([2H])([2H])c1ccc(-c2c(C)cccc2C)[n+](C)c1C([2H])([2H])[2H].[2H]C([2H])([2H])c1ccc(-c2cc(C)ccc2C)[n+](C)c1C([2H])([2H])[2H].[2H]C([2H])([2H])c1ccc(-c2ccc(C([2H])([2H])[2H])c(C([2H])([2H])[2H])[n+]2C)c(C)c1. The fraction of sp³-hybridized carbons (Fsp3) is 0.312. The first-order chi connectivity index (χ1) is 56.5. The van der Waals surface area contributed by atoms with Crippen LogP contribution in [0.25, 0.3) is 67.5 Å². The predicted molar refractivity (Wildman–Crippen MR) is 432 cm³/mol. The highest BCUT2D eigenvalue weighted by Crippen LogP contribution is 2.30. The van der Waals surface area contributed by atoms with E-state index >= 15 is 0 Å². The molecule has 6 aromatic heterocycles. The zero-order valence-electron chi connectivity index (χ0n) is 85.5. The van der Waals surface area contributed by atoms with Crippen molar-refractivity contribution in [1.29, 1.82) is 0 Å². The Kier molecular flexibility index (Phi) is 18.4. The lowest BCUT2D eigenvalue weighted by Gasteiger charge is -2.10. The average molecular weight is 1380 g/mol. The molecule has 0 aliphatic rings. The molecular formula is C96H120N6+6. The lowest BCUT2D eigenvalue weighted by atomic mass is 9.98. The molecule has 12 rings (SSSR count). The molecule has 6 aromatic carbocycles. The summed E-state index contributed by atoms with van der Waals surface area (Å²) in [6, 6.07) is 58.2. The second-order valence-electron chi connectivity index (χ2n) is 27.2. The minimum absolute atomic E-state index is 0.130. The highest BCUT2D eigenvalue weighted by Gasteiger charge is 2.23. The van der Waals surface area contributed by atoms with Gasteiger partial charge in [-0.3, -0.25) is 0 Å². The van der Waals surface area contributed by atoms with E-state index in [2.05, 4.69) is 209 Å². The Balaban J connectivity index is 0.000000204. The van der Waals surface area contributed by atoms with Gasteiger partial charge in [0.05, 0.1) is 11.1 Å². The van der Waals surface area contributed by atoms with E-state index in [1.165, 1.54) is 152 Å². The summed E-state index contributed by atoms with van der Waals surface area (Å²) in [7, 11) is 11.1. The number of rotatable bonds is 6. The molecule has 0 unspecified atom stereocenters. The van der Waals surface area contributed by atoms with Crippen LogP contribution in [-0.2, 0) is 42.3 Å². The molecule has 0 bridgehead atoms. The van der Waals surface area contributed by atoms with Crippen LogP contribution in [0.3, 0.4) is 0 Å². The van der Waals surface area contributed by atoms with Crippen LogP contribution in [-0.4, -0.2) is 0 Å². The van der Waals surface area contributed by atoms with E-state index in [1.807, 2.05) is 64.1 Å². The molecule has 0 saturated carbocycles. The topological polar surface area (TPSA) is 23.3 Å². The Bertz CT molecular complexity index is 5840. The zero-order valence-corrected chi connectivity index (χ0v) is 64.5. The van der Waals surface area contributed by atoms with E-state index in [0.29, 0.717) is 28.2 Å².